The van der Waals surface area contributed by atoms with Crippen LogP contribution in [0.4, 0.5) is 0 Å². The average Bonchev–Trinajstić information content (AvgIpc) is 3.52. The maximum atomic E-state index is 13.0. The molecule has 6 heteroatoms. The Labute approximate surface area is 193 Å². The number of amides is 1. The molecule has 1 aliphatic carbocycles. The van der Waals surface area contributed by atoms with Crippen molar-refractivity contribution in [3.63, 3.8) is 0 Å². The SMILES string of the molecule is CCCCCCCC1OC1C(OC(=O)c1ccc(I)cc1)C(=O)NC1CCCCC1. The van der Waals surface area contributed by atoms with E-state index in [0.29, 0.717) is 5.56 Å². The molecule has 30 heavy (non-hydrogen) atoms. The molecule has 0 bridgehead atoms. The van der Waals surface area contributed by atoms with Crippen molar-refractivity contribution in [1.82, 2.24) is 5.32 Å². The summed E-state index contributed by atoms with van der Waals surface area (Å²) >= 11 is 2.19. The van der Waals surface area contributed by atoms with Crippen molar-refractivity contribution in [2.24, 2.45) is 0 Å². The van der Waals surface area contributed by atoms with Crippen LogP contribution in [0.3, 0.4) is 0 Å². The quantitative estimate of drug-likeness (QED) is 0.181. The van der Waals surface area contributed by atoms with E-state index >= 15 is 0 Å². The van der Waals surface area contributed by atoms with Gasteiger partial charge in [-0.05, 0) is 66.1 Å². The third-order valence-electron chi connectivity index (χ3n) is 6.04. The molecule has 3 atom stereocenters. The molecular weight excluding hydrogens is 493 g/mol. The van der Waals surface area contributed by atoms with Crippen LogP contribution in [0.2, 0.25) is 0 Å². The summed E-state index contributed by atoms with van der Waals surface area (Å²) in [7, 11) is 0. The van der Waals surface area contributed by atoms with Crippen molar-refractivity contribution in [3.8, 4) is 0 Å². The van der Waals surface area contributed by atoms with Crippen molar-refractivity contribution in [1.29, 1.82) is 0 Å². The summed E-state index contributed by atoms with van der Waals surface area (Å²) in [6, 6.07) is 7.37. The number of epoxide rings is 1. The average molecular weight is 527 g/mol. The van der Waals surface area contributed by atoms with Gasteiger partial charge in [-0.2, -0.15) is 0 Å². The molecule has 1 heterocycles. The molecule has 1 aromatic rings. The number of halogens is 1. The highest BCUT2D eigenvalue weighted by molar-refractivity contribution is 14.1. The minimum absolute atomic E-state index is 0.0123. The van der Waals surface area contributed by atoms with Crippen LogP contribution in [0.15, 0.2) is 24.3 Å². The molecule has 1 saturated carbocycles. The van der Waals surface area contributed by atoms with Gasteiger partial charge >= 0.3 is 5.97 Å². The van der Waals surface area contributed by atoms with Crippen molar-refractivity contribution < 1.29 is 19.1 Å². The topological polar surface area (TPSA) is 67.9 Å². The number of nitrogens with one attached hydrogen (secondary N) is 1. The van der Waals surface area contributed by atoms with Crippen LogP contribution in [0.5, 0.6) is 0 Å². The van der Waals surface area contributed by atoms with Crippen molar-refractivity contribution in [2.75, 3.05) is 0 Å². The molecule has 5 nitrogen and oxygen atoms in total. The van der Waals surface area contributed by atoms with E-state index in [1.165, 1.54) is 32.1 Å². The highest BCUT2D eigenvalue weighted by Crippen LogP contribution is 2.33. The third kappa shape index (κ3) is 7.22. The Morgan fingerprint density at radius 2 is 1.80 bits per heavy atom. The molecule has 2 aliphatic rings. The standard InChI is InChI=1S/C24H34INO4/c1-2-3-4-5-9-12-20-21(29-20)22(23(27)26-19-10-7-6-8-11-19)30-24(28)17-13-15-18(25)16-14-17/h13-16,19-22H,2-12H2,1H3,(H,26,27). The highest BCUT2D eigenvalue weighted by atomic mass is 127. The smallest absolute Gasteiger partial charge is 0.339 e. The fraction of sp³-hybridized carbons (Fsp3) is 0.667. The lowest BCUT2D eigenvalue weighted by molar-refractivity contribution is -0.131. The van der Waals surface area contributed by atoms with E-state index in [1.54, 1.807) is 12.1 Å². The van der Waals surface area contributed by atoms with Crippen LogP contribution in [0.25, 0.3) is 0 Å². The second-order valence-electron chi connectivity index (χ2n) is 8.52. The zero-order valence-corrected chi connectivity index (χ0v) is 20.1. The van der Waals surface area contributed by atoms with E-state index < -0.39 is 12.1 Å². The van der Waals surface area contributed by atoms with Gasteiger partial charge in [-0.1, -0.05) is 58.3 Å². The zero-order chi connectivity index (χ0) is 21.3. The van der Waals surface area contributed by atoms with Gasteiger partial charge in [-0.15, -0.1) is 0 Å². The van der Waals surface area contributed by atoms with Gasteiger partial charge in [0.15, 0.2) is 0 Å². The summed E-state index contributed by atoms with van der Waals surface area (Å²) in [5.41, 5.74) is 0.461. The Hall–Kier alpha value is -1.15. The fourth-order valence-corrected chi connectivity index (χ4v) is 4.53. The van der Waals surface area contributed by atoms with Gasteiger partial charge in [0.25, 0.3) is 5.91 Å². The van der Waals surface area contributed by atoms with E-state index in [4.69, 9.17) is 9.47 Å². The van der Waals surface area contributed by atoms with Crippen molar-refractivity contribution >= 4 is 34.5 Å². The summed E-state index contributed by atoms with van der Waals surface area (Å²) in [4.78, 5) is 25.7. The Balaban J connectivity index is 1.57. The Morgan fingerprint density at radius 3 is 2.50 bits per heavy atom. The number of hydrogen-bond acceptors (Lipinski definition) is 4. The van der Waals surface area contributed by atoms with Gasteiger partial charge < -0.3 is 14.8 Å². The molecule has 1 saturated heterocycles. The Bertz CT molecular complexity index is 687. The molecule has 1 amide bonds. The molecule has 0 radical (unpaired) electrons. The van der Waals surface area contributed by atoms with Gasteiger partial charge in [0, 0.05) is 9.61 Å². The molecule has 1 N–H and O–H groups in total. The summed E-state index contributed by atoms with van der Waals surface area (Å²) in [6.45, 7) is 2.21. The molecule has 0 aromatic heterocycles. The number of unbranched alkanes of at least 4 members (excludes halogenated alkanes) is 4. The van der Waals surface area contributed by atoms with Gasteiger partial charge in [-0.25, -0.2) is 4.79 Å². The summed E-state index contributed by atoms with van der Waals surface area (Å²) < 4.78 is 12.6. The number of hydrogen-bond donors (Lipinski definition) is 1. The van der Waals surface area contributed by atoms with E-state index in [-0.39, 0.29) is 24.2 Å². The lowest BCUT2D eigenvalue weighted by Crippen LogP contribution is -2.46. The van der Waals surface area contributed by atoms with Crippen LogP contribution in [0, 0.1) is 3.57 Å². The first-order valence-corrected chi connectivity index (χ1v) is 12.6. The molecule has 3 rings (SSSR count). The molecule has 1 aliphatic heterocycles. The molecule has 2 fully saturated rings. The minimum Gasteiger partial charge on any atom is -0.446 e. The van der Waals surface area contributed by atoms with Crippen molar-refractivity contribution in [3.05, 3.63) is 33.4 Å². The maximum Gasteiger partial charge on any atom is 0.339 e. The Morgan fingerprint density at radius 1 is 1.10 bits per heavy atom. The summed E-state index contributed by atoms with van der Waals surface area (Å²) in [6.07, 6.45) is 11.2. The predicted octanol–water partition coefficient (Wildman–Crippen LogP) is 5.39. The van der Waals surface area contributed by atoms with Gasteiger partial charge in [0.05, 0.1) is 11.7 Å². The largest absolute Gasteiger partial charge is 0.446 e. The molecule has 166 valence electrons. The van der Waals surface area contributed by atoms with E-state index in [0.717, 1.165) is 42.1 Å². The number of ether oxygens (including phenoxy) is 2. The number of benzene rings is 1. The third-order valence-corrected chi connectivity index (χ3v) is 6.76. The predicted molar refractivity (Wildman–Crippen MR) is 125 cm³/mol. The summed E-state index contributed by atoms with van der Waals surface area (Å²) in [5.74, 6) is -0.674. The number of esters is 1. The van der Waals surface area contributed by atoms with Gasteiger partial charge in [0.2, 0.25) is 6.10 Å². The van der Waals surface area contributed by atoms with Crippen LogP contribution < -0.4 is 5.32 Å². The van der Waals surface area contributed by atoms with Crippen molar-refractivity contribution in [2.45, 2.75) is 102 Å². The fourth-order valence-electron chi connectivity index (χ4n) is 4.17. The van der Waals surface area contributed by atoms with Crippen LogP contribution in [0.1, 0.15) is 87.9 Å². The maximum absolute atomic E-state index is 13.0. The summed E-state index contributed by atoms with van der Waals surface area (Å²) in [5, 5.41) is 3.11. The van der Waals surface area contributed by atoms with Gasteiger partial charge in [0.1, 0.15) is 6.10 Å². The normalized spacial score (nSPS) is 22.3. The first-order chi connectivity index (χ1) is 14.6. The van der Waals surface area contributed by atoms with E-state index in [9.17, 15) is 9.59 Å². The number of carbonyl (C=O) groups excluding carboxylic acids is 2. The van der Waals surface area contributed by atoms with Gasteiger partial charge in [-0.3, -0.25) is 4.79 Å². The lowest BCUT2D eigenvalue weighted by Gasteiger charge is -2.25. The van der Waals surface area contributed by atoms with Crippen LogP contribution in [-0.2, 0) is 14.3 Å². The monoisotopic (exact) mass is 527 g/mol. The molecule has 1 aromatic carbocycles. The zero-order valence-electron chi connectivity index (χ0n) is 17.9. The van der Waals surface area contributed by atoms with Crippen LogP contribution >= 0.6 is 22.6 Å². The first kappa shape index (κ1) is 23.5. The first-order valence-electron chi connectivity index (χ1n) is 11.5. The second kappa shape index (κ2) is 12.0. The van der Waals surface area contributed by atoms with E-state index in [2.05, 4.69) is 34.8 Å². The Kier molecular flexibility index (Phi) is 9.43. The number of carbonyl (C=O) groups is 2. The van der Waals surface area contributed by atoms with E-state index in [1.807, 2.05) is 12.1 Å². The molecule has 0 spiro atoms. The number of rotatable bonds is 11. The van der Waals surface area contributed by atoms with Crippen LogP contribution in [-0.4, -0.2) is 36.2 Å². The lowest BCUT2D eigenvalue weighted by atomic mass is 9.95. The second-order valence-corrected chi connectivity index (χ2v) is 9.76. The molecular formula is C24H34INO4. The highest BCUT2D eigenvalue weighted by Gasteiger charge is 2.50. The minimum atomic E-state index is -0.876. The molecule has 3 unspecified atom stereocenters.